The van der Waals surface area contributed by atoms with Crippen LogP contribution in [-0.4, -0.2) is 5.91 Å². The SMILES string of the molecule is Cc1ccc(CC(=O)N[C@H](c2ccccc2)c2ccc(Cl)cc2)s1. The molecule has 0 aliphatic heterocycles. The van der Waals surface area contributed by atoms with Gasteiger partial charge in [0.2, 0.25) is 5.91 Å². The molecule has 24 heavy (non-hydrogen) atoms. The maximum Gasteiger partial charge on any atom is 0.226 e. The summed E-state index contributed by atoms with van der Waals surface area (Å²) in [7, 11) is 0. The average Bonchev–Trinajstić information content (AvgIpc) is 2.99. The number of rotatable bonds is 5. The van der Waals surface area contributed by atoms with E-state index < -0.39 is 0 Å². The second-order valence-corrected chi connectivity index (χ2v) is 7.46. The number of nitrogens with one attached hydrogen (secondary N) is 1. The summed E-state index contributed by atoms with van der Waals surface area (Å²) in [5.41, 5.74) is 2.07. The van der Waals surface area contributed by atoms with E-state index in [9.17, 15) is 4.79 Å². The summed E-state index contributed by atoms with van der Waals surface area (Å²) in [5.74, 6) is 0.0145. The van der Waals surface area contributed by atoms with Crippen molar-refractivity contribution >= 4 is 28.8 Å². The molecule has 3 rings (SSSR count). The summed E-state index contributed by atoms with van der Waals surface area (Å²) in [6.07, 6.45) is 0.398. The molecule has 122 valence electrons. The Balaban J connectivity index is 1.82. The molecule has 1 aromatic heterocycles. The summed E-state index contributed by atoms with van der Waals surface area (Å²) < 4.78 is 0. The zero-order valence-corrected chi connectivity index (χ0v) is 14.9. The van der Waals surface area contributed by atoms with Crippen molar-refractivity contribution in [3.8, 4) is 0 Å². The van der Waals surface area contributed by atoms with Gasteiger partial charge in [-0.3, -0.25) is 4.79 Å². The average molecular weight is 356 g/mol. The first-order chi connectivity index (χ1) is 11.6. The van der Waals surface area contributed by atoms with Crippen LogP contribution < -0.4 is 5.32 Å². The maximum atomic E-state index is 12.5. The standard InChI is InChI=1S/C20H18ClNOS/c1-14-7-12-18(24-14)13-19(23)22-20(15-5-3-2-4-6-15)16-8-10-17(21)11-9-16/h2-12,20H,13H2,1H3,(H,22,23)/t20-/m1/s1. The summed E-state index contributed by atoms with van der Waals surface area (Å²) in [6, 6.07) is 21.5. The zero-order chi connectivity index (χ0) is 16.9. The van der Waals surface area contributed by atoms with Gasteiger partial charge in [-0.05, 0) is 42.3 Å². The first kappa shape index (κ1) is 16.7. The van der Waals surface area contributed by atoms with E-state index in [4.69, 9.17) is 11.6 Å². The first-order valence-electron chi connectivity index (χ1n) is 7.77. The lowest BCUT2D eigenvalue weighted by Crippen LogP contribution is -2.30. The van der Waals surface area contributed by atoms with Crippen molar-refractivity contribution in [1.82, 2.24) is 5.32 Å². The quantitative estimate of drug-likeness (QED) is 0.673. The Bertz CT molecular complexity index is 811. The lowest BCUT2D eigenvalue weighted by Gasteiger charge is -2.20. The number of carbonyl (C=O) groups is 1. The molecule has 0 aliphatic carbocycles. The Labute approximate surface area is 151 Å². The van der Waals surface area contributed by atoms with E-state index in [2.05, 4.69) is 5.32 Å². The van der Waals surface area contributed by atoms with Crippen LogP contribution in [0, 0.1) is 6.92 Å². The molecule has 1 N–H and O–H groups in total. The molecular formula is C20H18ClNOS. The van der Waals surface area contributed by atoms with Crippen LogP contribution in [0.1, 0.15) is 26.9 Å². The highest BCUT2D eigenvalue weighted by molar-refractivity contribution is 7.12. The number of thiophene rings is 1. The molecule has 0 saturated heterocycles. The highest BCUT2D eigenvalue weighted by atomic mass is 35.5. The molecule has 1 heterocycles. The molecule has 0 saturated carbocycles. The van der Waals surface area contributed by atoms with Crippen molar-refractivity contribution in [3.05, 3.63) is 92.6 Å². The van der Waals surface area contributed by atoms with Crippen molar-refractivity contribution in [3.63, 3.8) is 0 Å². The fraction of sp³-hybridized carbons (Fsp3) is 0.150. The fourth-order valence-corrected chi connectivity index (χ4v) is 3.63. The third kappa shape index (κ3) is 4.25. The van der Waals surface area contributed by atoms with Crippen LogP contribution in [0.2, 0.25) is 5.02 Å². The van der Waals surface area contributed by atoms with E-state index in [1.807, 2.05) is 73.7 Å². The van der Waals surface area contributed by atoms with E-state index in [1.165, 1.54) is 4.88 Å². The van der Waals surface area contributed by atoms with E-state index in [-0.39, 0.29) is 11.9 Å². The summed E-state index contributed by atoms with van der Waals surface area (Å²) in [6.45, 7) is 2.05. The molecule has 0 unspecified atom stereocenters. The van der Waals surface area contributed by atoms with Crippen molar-refractivity contribution < 1.29 is 4.79 Å². The number of halogens is 1. The van der Waals surface area contributed by atoms with Gasteiger partial charge in [0.1, 0.15) is 0 Å². The molecule has 0 radical (unpaired) electrons. The fourth-order valence-electron chi connectivity index (χ4n) is 2.61. The predicted octanol–water partition coefficient (Wildman–Crippen LogP) is 5.16. The molecule has 4 heteroatoms. The van der Waals surface area contributed by atoms with Crippen molar-refractivity contribution in [2.45, 2.75) is 19.4 Å². The van der Waals surface area contributed by atoms with Gasteiger partial charge >= 0.3 is 0 Å². The molecule has 1 atom stereocenters. The van der Waals surface area contributed by atoms with E-state index in [0.29, 0.717) is 11.4 Å². The van der Waals surface area contributed by atoms with Crippen LogP contribution >= 0.6 is 22.9 Å². The second kappa shape index (κ2) is 7.65. The normalized spacial score (nSPS) is 11.9. The molecule has 0 bridgehead atoms. The van der Waals surface area contributed by atoms with Crippen LogP contribution in [0.3, 0.4) is 0 Å². The molecular weight excluding hydrogens is 338 g/mol. The minimum atomic E-state index is -0.183. The topological polar surface area (TPSA) is 29.1 Å². The van der Waals surface area contributed by atoms with Gasteiger partial charge in [-0.1, -0.05) is 54.1 Å². The number of aryl methyl sites for hydroxylation is 1. The van der Waals surface area contributed by atoms with E-state index in [0.717, 1.165) is 16.0 Å². The van der Waals surface area contributed by atoms with Crippen LogP contribution in [0.5, 0.6) is 0 Å². The first-order valence-corrected chi connectivity index (χ1v) is 8.96. The maximum absolute atomic E-state index is 12.5. The van der Waals surface area contributed by atoms with Gasteiger partial charge in [0.15, 0.2) is 0 Å². The van der Waals surface area contributed by atoms with Gasteiger partial charge in [-0.25, -0.2) is 0 Å². The van der Waals surface area contributed by atoms with Gasteiger partial charge in [-0.15, -0.1) is 11.3 Å². The number of carbonyl (C=O) groups excluding carboxylic acids is 1. The largest absolute Gasteiger partial charge is 0.345 e. The lowest BCUT2D eigenvalue weighted by molar-refractivity contribution is -0.120. The molecule has 0 aliphatic rings. The van der Waals surface area contributed by atoms with Crippen LogP contribution in [-0.2, 0) is 11.2 Å². The van der Waals surface area contributed by atoms with Crippen LogP contribution in [0.25, 0.3) is 0 Å². The van der Waals surface area contributed by atoms with Gasteiger partial charge in [0.25, 0.3) is 0 Å². The zero-order valence-electron chi connectivity index (χ0n) is 13.3. The van der Waals surface area contributed by atoms with Crippen LogP contribution in [0.15, 0.2) is 66.7 Å². The van der Waals surface area contributed by atoms with Gasteiger partial charge in [0, 0.05) is 14.8 Å². The number of amides is 1. The highest BCUT2D eigenvalue weighted by Gasteiger charge is 2.17. The monoisotopic (exact) mass is 355 g/mol. The summed E-state index contributed by atoms with van der Waals surface area (Å²) in [4.78, 5) is 14.8. The molecule has 3 aromatic rings. The minimum absolute atomic E-state index is 0.0145. The lowest BCUT2D eigenvalue weighted by atomic mass is 9.98. The molecule has 0 spiro atoms. The smallest absolute Gasteiger partial charge is 0.226 e. The molecule has 0 fully saturated rings. The Hall–Kier alpha value is -2.10. The second-order valence-electron chi connectivity index (χ2n) is 5.65. The number of hydrogen-bond acceptors (Lipinski definition) is 2. The Morgan fingerprint density at radius 1 is 1.00 bits per heavy atom. The molecule has 2 aromatic carbocycles. The van der Waals surface area contributed by atoms with Crippen LogP contribution in [0.4, 0.5) is 0 Å². The van der Waals surface area contributed by atoms with Crippen molar-refractivity contribution in [2.75, 3.05) is 0 Å². The highest BCUT2D eigenvalue weighted by Crippen LogP contribution is 2.24. The third-order valence-corrected chi connectivity index (χ3v) is 5.03. The Kier molecular flexibility index (Phi) is 5.34. The number of hydrogen-bond donors (Lipinski definition) is 1. The predicted molar refractivity (Wildman–Crippen MR) is 101 cm³/mol. The van der Waals surface area contributed by atoms with Crippen molar-refractivity contribution in [1.29, 1.82) is 0 Å². The van der Waals surface area contributed by atoms with E-state index in [1.54, 1.807) is 11.3 Å². The summed E-state index contributed by atoms with van der Waals surface area (Å²) in [5, 5.41) is 3.84. The minimum Gasteiger partial charge on any atom is -0.345 e. The molecule has 1 amide bonds. The van der Waals surface area contributed by atoms with Crippen molar-refractivity contribution in [2.24, 2.45) is 0 Å². The Morgan fingerprint density at radius 2 is 1.67 bits per heavy atom. The van der Waals surface area contributed by atoms with Gasteiger partial charge < -0.3 is 5.32 Å². The third-order valence-electron chi connectivity index (χ3n) is 3.77. The summed E-state index contributed by atoms with van der Waals surface area (Å²) >= 11 is 7.65. The number of benzene rings is 2. The Morgan fingerprint density at radius 3 is 2.29 bits per heavy atom. The van der Waals surface area contributed by atoms with Gasteiger partial charge in [-0.2, -0.15) is 0 Å². The molecule has 2 nitrogen and oxygen atoms in total. The van der Waals surface area contributed by atoms with Gasteiger partial charge in [0.05, 0.1) is 12.5 Å². The van der Waals surface area contributed by atoms with E-state index >= 15 is 0 Å².